The number of fused-ring (bicyclic) bond motifs is 3. The first-order valence-corrected chi connectivity index (χ1v) is 8.82. The minimum absolute atomic E-state index is 0.259. The number of hydrogen-bond donors (Lipinski definition) is 2. The fourth-order valence-corrected chi connectivity index (χ4v) is 4.62. The van der Waals surface area contributed by atoms with Crippen molar-refractivity contribution in [2.75, 3.05) is 13.1 Å². The first kappa shape index (κ1) is 14.3. The highest BCUT2D eigenvalue weighted by molar-refractivity contribution is 5.77. The Morgan fingerprint density at radius 1 is 1.41 bits per heavy atom. The van der Waals surface area contributed by atoms with E-state index >= 15 is 0 Å². The molecule has 3 aliphatic rings. The van der Waals surface area contributed by atoms with E-state index in [-0.39, 0.29) is 5.91 Å². The van der Waals surface area contributed by atoms with E-state index in [9.17, 15) is 4.79 Å². The van der Waals surface area contributed by atoms with Crippen molar-refractivity contribution in [2.45, 2.75) is 44.6 Å². The summed E-state index contributed by atoms with van der Waals surface area (Å²) in [7, 11) is 0. The van der Waals surface area contributed by atoms with Crippen LogP contribution in [0, 0.1) is 17.8 Å². The molecule has 2 N–H and O–H groups in total. The third-order valence-corrected chi connectivity index (χ3v) is 6.01. The third kappa shape index (κ3) is 2.56. The van der Waals surface area contributed by atoms with Crippen molar-refractivity contribution < 1.29 is 4.79 Å². The van der Waals surface area contributed by atoms with Crippen molar-refractivity contribution in [3.63, 3.8) is 0 Å². The molecule has 1 saturated heterocycles. The van der Waals surface area contributed by atoms with Crippen LogP contribution < -0.4 is 10.6 Å². The van der Waals surface area contributed by atoms with Gasteiger partial charge in [0.25, 0.3) is 0 Å². The summed E-state index contributed by atoms with van der Waals surface area (Å²) in [5.74, 6) is 2.66. The zero-order chi connectivity index (χ0) is 15.1. The number of rotatable bonds is 4. The summed E-state index contributed by atoms with van der Waals surface area (Å²) in [5.41, 5.74) is 2.96. The highest BCUT2D eigenvalue weighted by atomic mass is 16.1. The lowest BCUT2D eigenvalue weighted by molar-refractivity contribution is -0.122. The Bertz CT molecular complexity index is 564. The van der Waals surface area contributed by atoms with Gasteiger partial charge in [0.2, 0.25) is 5.91 Å². The van der Waals surface area contributed by atoms with Crippen LogP contribution in [0.25, 0.3) is 0 Å². The maximum absolute atomic E-state index is 12.4. The molecule has 0 aromatic heterocycles. The van der Waals surface area contributed by atoms with Gasteiger partial charge in [0.1, 0.15) is 0 Å². The van der Waals surface area contributed by atoms with Crippen molar-refractivity contribution in [1.29, 1.82) is 0 Å². The van der Waals surface area contributed by atoms with Gasteiger partial charge in [-0.1, -0.05) is 31.2 Å². The lowest BCUT2D eigenvalue weighted by atomic mass is 9.85. The number of piperidine rings is 1. The highest BCUT2D eigenvalue weighted by Gasteiger charge is 2.56. The summed E-state index contributed by atoms with van der Waals surface area (Å²) in [5, 5.41) is 6.76. The van der Waals surface area contributed by atoms with Gasteiger partial charge < -0.3 is 10.6 Å². The molecule has 118 valence electrons. The van der Waals surface area contributed by atoms with Crippen molar-refractivity contribution in [3.8, 4) is 0 Å². The highest BCUT2D eigenvalue weighted by Crippen LogP contribution is 2.56. The molecule has 0 spiro atoms. The molecule has 1 aromatic carbocycles. The van der Waals surface area contributed by atoms with Gasteiger partial charge in [-0.2, -0.15) is 0 Å². The van der Waals surface area contributed by atoms with Gasteiger partial charge in [-0.05, 0) is 61.2 Å². The molecular formula is C19H26N2O. The lowest BCUT2D eigenvalue weighted by Gasteiger charge is -2.28. The van der Waals surface area contributed by atoms with E-state index in [1.807, 2.05) is 0 Å². The van der Waals surface area contributed by atoms with Crippen LogP contribution in [-0.2, 0) is 11.2 Å². The molecule has 4 rings (SSSR count). The summed E-state index contributed by atoms with van der Waals surface area (Å²) in [6.45, 7) is 4.46. The van der Waals surface area contributed by atoms with Crippen molar-refractivity contribution >= 4 is 5.91 Å². The van der Waals surface area contributed by atoms with Crippen LogP contribution in [-0.4, -0.2) is 25.0 Å². The standard InChI is InChI=1S/C19H26N2O/c1-12(14-6-4-8-20-11-14)9-17(22)21-19-16-10-13-5-2-3-7-15(13)18(16)19/h2-3,5,7,12,14,16,18-20H,4,6,8-11H2,1H3,(H,21,22). The van der Waals surface area contributed by atoms with Crippen LogP contribution in [0.2, 0.25) is 0 Å². The Balaban J connectivity index is 1.29. The van der Waals surface area contributed by atoms with Gasteiger partial charge in [-0.15, -0.1) is 0 Å². The maximum Gasteiger partial charge on any atom is 0.220 e. The van der Waals surface area contributed by atoms with Crippen LogP contribution in [0.3, 0.4) is 0 Å². The Labute approximate surface area is 132 Å². The monoisotopic (exact) mass is 298 g/mol. The molecule has 1 heterocycles. The largest absolute Gasteiger partial charge is 0.352 e. The van der Waals surface area contributed by atoms with Crippen LogP contribution in [0.4, 0.5) is 0 Å². The third-order valence-electron chi connectivity index (χ3n) is 6.01. The number of carbonyl (C=O) groups excluding carboxylic acids is 1. The SMILES string of the molecule is CC(CC(=O)NC1C2Cc3ccccc3C21)C1CCCNC1. The number of nitrogens with one attached hydrogen (secondary N) is 2. The number of carbonyl (C=O) groups is 1. The predicted octanol–water partition coefficient (Wildman–Crippen LogP) is 2.47. The van der Waals surface area contributed by atoms with E-state index in [1.165, 1.54) is 24.0 Å². The molecule has 2 fully saturated rings. The summed E-state index contributed by atoms with van der Waals surface area (Å²) in [6.07, 6.45) is 4.35. The van der Waals surface area contributed by atoms with E-state index in [4.69, 9.17) is 0 Å². The number of amides is 1. The molecule has 1 aliphatic heterocycles. The molecule has 5 atom stereocenters. The van der Waals surface area contributed by atoms with Gasteiger partial charge in [-0.25, -0.2) is 0 Å². The molecule has 3 nitrogen and oxygen atoms in total. The van der Waals surface area contributed by atoms with Gasteiger partial charge >= 0.3 is 0 Å². The van der Waals surface area contributed by atoms with Crippen LogP contribution in [0.5, 0.6) is 0 Å². The minimum atomic E-state index is 0.259. The average Bonchev–Trinajstić information content (AvgIpc) is 3.05. The normalized spacial score (nSPS) is 33.7. The number of benzene rings is 1. The quantitative estimate of drug-likeness (QED) is 0.896. The maximum atomic E-state index is 12.4. The zero-order valence-corrected chi connectivity index (χ0v) is 13.3. The Hall–Kier alpha value is -1.35. The van der Waals surface area contributed by atoms with Crippen LogP contribution >= 0.6 is 0 Å². The molecule has 3 heteroatoms. The second kappa shape index (κ2) is 5.69. The van der Waals surface area contributed by atoms with E-state index in [2.05, 4.69) is 41.8 Å². The summed E-state index contributed by atoms with van der Waals surface area (Å²) >= 11 is 0. The molecule has 1 saturated carbocycles. The van der Waals surface area contributed by atoms with E-state index in [0.29, 0.717) is 36.1 Å². The molecule has 2 aliphatic carbocycles. The van der Waals surface area contributed by atoms with Gasteiger partial charge in [0.05, 0.1) is 0 Å². The Kier molecular flexibility index (Phi) is 3.69. The smallest absolute Gasteiger partial charge is 0.220 e. The van der Waals surface area contributed by atoms with Crippen molar-refractivity contribution in [3.05, 3.63) is 35.4 Å². The second-order valence-corrected chi connectivity index (χ2v) is 7.47. The fraction of sp³-hybridized carbons (Fsp3) is 0.632. The molecule has 1 amide bonds. The Morgan fingerprint density at radius 3 is 3.09 bits per heavy atom. The summed E-state index contributed by atoms with van der Waals surface area (Å²) in [6, 6.07) is 9.12. The average molecular weight is 298 g/mol. The first-order chi connectivity index (χ1) is 10.7. The van der Waals surface area contributed by atoms with Gasteiger partial charge in [0.15, 0.2) is 0 Å². The topological polar surface area (TPSA) is 41.1 Å². The predicted molar refractivity (Wildman–Crippen MR) is 87.7 cm³/mol. The van der Waals surface area contributed by atoms with Crippen molar-refractivity contribution in [1.82, 2.24) is 10.6 Å². The lowest BCUT2D eigenvalue weighted by Crippen LogP contribution is -2.36. The second-order valence-electron chi connectivity index (χ2n) is 7.47. The molecule has 0 bridgehead atoms. The van der Waals surface area contributed by atoms with E-state index < -0.39 is 0 Å². The summed E-state index contributed by atoms with van der Waals surface area (Å²) < 4.78 is 0. The molecule has 22 heavy (non-hydrogen) atoms. The van der Waals surface area contributed by atoms with Gasteiger partial charge in [0, 0.05) is 18.4 Å². The minimum Gasteiger partial charge on any atom is -0.352 e. The number of hydrogen-bond acceptors (Lipinski definition) is 2. The van der Waals surface area contributed by atoms with Crippen molar-refractivity contribution in [2.24, 2.45) is 17.8 Å². The zero-order valence-electron chi connectivity index (χ0n) is 13.3. The first-order valence-electron chi connectivity index (χ1n) is 8.82. The van der Waals surface area contributed by atoms with Gasteiger partial charge in [-0.3, -0.25) is 4.79 Å². The van der Waals surface area contributed by atoms with Crippen LogP contribution in [0.1, 0.15) is 43.2 Å². The van der Waals surface area contributed by atoms with E-state index in [1.54, 1.807) is 0 Å². The summed E-state index contributed by atoms with van der Waals surface area (Å²) in [4.78, 5) is 12.4. The van der Waals surface area contributed by atoms with Crippen LogP contribution in [0.15, 0.2) is 24.3 Å². The fourth-order valence-electron chi connectivity index (χ4n) is 4.62. The molecule has 5 unspecified atom stereocenters. The molecule has 1 aromatic rings. The van der Waals surface area contributed by atoms with E-state index in [0.717, 1.165) is 19.5 Å². The molecule has 0 radical (unpaired) electrons. The molecular weight excluding hydrogens is 272 g/mol. The Morgan fingerprint density at radius 2 is 2.27 bits per heavy atom.